The number of carbonyl (C=O) groups excluding carboxylic acids is 3. The maximum atomic E-state index is 13.7. The molecule has 2 aliphatic heterocycles. The molecule has 2 saturated heterocycles. The molecule has 0 bridgehead atoms. The van der Waals surface area contributed by atoms with E-state index in [0.29, 0.717) is 31.4 Å². The average Bonchev–Trinajstić information content (AvgIpc) is 3.58. The molecule has 0 saturated carbocycles. The molecule has 11 heteroatoms. The third-order valence-corrected chi connectivity index (χ3v) is 10.8. The number of hydrogen-bond acceptors (Lipinski definition) is 7. The fourth-order valence-corrected chi connectivity index (χ4v) is 7.96. The standard InChI is InChI=1S/C35H42N4O6S/c1-3-45-33(41)30(38-32(40)31-10-7-23-39(31)46(43,44)29-17-11-25(2)12-18-29)24-26-13-15-28(16-14-26)37-34(42)35(19-21-36-22-20-35)27-8-5-4-6-9-27/h4-6,8-9,11-18,30-31,36H,3,7,10,19-24H2,1-2H3,(H,37,42)(H,38,40)/t30-,31-/m0/s1. The third kappa shape index (κ3) is 7.32. The second kappa shape index (κ2) is 14.6. The van der Waals surface area contributed by atoms with E-state index in [9.17, 15) is 22.8 Å². The second-order valence-electron chi connectivity index (χ2n) is 12.0. The number of esters is 1. The first-order valence-electron chi connectivity index (χ1n) is 15.9. The van der Waals surface area contributed by atoms with Crippen LogP contribution in [0.3, 0.4) is 0 Å². The number of piperidine rings is 1. The zero-order chi connectivity index (χ0) is 32.7. The van der Waals surface area contributed by atoms with Crippen LogP contribution >= 0.6 is 0 Å². The van der Waals surface area contributed by atoms with Gasteiger partial charge < -0.3 is 20.7 Å². The molecule has 3 aromatic carbocycles. The Bertz CT molecular complexity index is 1620. The minimum Gasteiger partial charge on any atom is -0.464 e. The van der Waals surface area contributed by atoms with Crippen LogP contribution in [0.15, 0.2) is 83.8 Å². The Morgan fingerprint density at radius 2 is 1.65 bits per heavy atom. The highest BCUT2D eigenvalue weighted by Gasteiger charge is 2.42. The predicted molar refractivity (Wildman–Crippen MR) is 176 cm³/mol. The normalized spacial score (nSPS) is 18.8. The summed E-state index contributed by atoms with van der Waals surface area (Å²) in [5.41, 5.74) is 2.66. The van der Waals surface area contributed by atoms with Crippen LogP contribution in [-0.4, -0.2) is 68.8 Å². The van der Waals surface area contributed by atoms with Gasteiger partial charge in [-0.25, -0.2) is 13.2 Å². The lowest BCUT2D eigenvalue weighted by Crippen LogP contribution is -2.51. The zero-order valence-corrected chi connectivity index (χ0v) is 27.1. The highest BCUT2D eigenvalue weighted by molar-refractivity contribution is 7.89. The molecule has 0 aliphatic carbocycles. The quantitative estimate of drug-likeness (QED) is 0.271. The van der Waals surface area contributed by atoms with Crippen LogP contribution < -0.4 is 16.0 Å². The Morgan fingerprint density at radius 1 is 0.978 bits per heavy atom. The summed E-state index contributed by atoms with van der Waals surface area (Å²) in [5, 5.41) is 9.20. The highest BCUT2D eigenvalue weighted by Crippen LogP contribution is 2.35. The van der Waals surface area contributed by atoms with Gasteiger partial charge in [-0.1, -0.05) is 60.2 Å². The number of anilines is 1. The van der Waals surface area contributed by atoms with Gasteiger partial charge >= 0.3 is 5.97 Å². The molecule has 46 heavy (non-hydrogen) atoms. The highest BCUT2D eigenvalue weighted by atomic mass is 32.2. The number of ether oxygens (including phenoxy) is 1. The van der Waals surface area contributed by atoms with Crippen LogP contribution in [0.5, 0.6) is 0 Å². The predicted octanol–water partition coefficient (Wildman–Crippen LogP) is 3.70. The molecule has 244 valence electrons. The molecule has 3 N–H and O–H groups in total. The van der Waals surface area contributed by atoms with Crippen molar-refractivity contribution >= 4 is 33.5 Å². The Balaban J connectivity index is 1.28. The van der Waals surface area contributed by atoms with Crippen molar-refractivity contribution in [3.63, 3.8) is 0 Å². The fraction of sp³-hybridized carbons (Fsp3) is 0.400. The first-order valence-corrected chi connectivity index (χ1v) is 17.3. The average molecular weight is 647 g/mol. The van der Waals surface area contributed by atoms with Gasteiger partial charge in [0, 0.05) is 18.7 Å². The maximum Gasteiger partial charge on any atom is 0.328 e. The van der Waals surface area contributed by atoms with Gasteiger partial charge in [0.1, 0.15) is 12.1 Å². The van der Waals surface area contributed by atoms with Gasteiger partial charge in [-0.3, -0.25) is 9.59 Å². The van der Waals surface area contributed by atoms with Crippen LogP contribution in [0.25, 0.3) is 0 Å². The Hall–Kier alpha value is -4.06. The SMILES string of the molecule is CCOC(=O)[C@H](Cc1ccc(NC(=O)C2(c3ccccc3)CCNCC2)cc1)NC(=O)[C@@H]1CCCN1S(=O)(=O)c1ccc(C)cc1. The lowest BCUT2D eigenvalue weighted by molar-refractivity contribution is -0.147. The molecular weight excluding hydrogens is 604 g/mol. The Labute approximate surface area is 271 Å². The summed E-state index contributed by atoms with van der Waals surface area (Å²) in [4.78, 5) is 40.2. The van der Waals surface area contributed by atoms with E-state index in [2.05, 4.69) is 16.0 Å². The number of carbonyl (C=O) groups is 3. The second-order valence-corrected chi connectivity index (χ2v) is 13.8. The molecule has 0 spiro atoms. The molecule has 2 fully saturated rings. The Kier molecular flexibility index (Phi) is 10.6. The van der Waals surface area contributed by atoms with Gasteiger partial charge in [0.15, 0.2) is 0 Å². The molecule has 2 aliphatic rings. The molecule has 5 rings (SSSR count). The van der Waals surface area contributed by atoms with E-state index in [1.807, 2.05) is 37.3 Å². The number of amides is 2. The van der Waals surface area contributed by atoms with Crippen molar-refractivity contribution in [3.8, 4) is 0 Å². The van der Waals surface area contributed by atoms with E-state index in [-0.39, 0.29) is 30.4 Å². The number of sulfonamides is 1. The fourth-order valence-electron chi connectivity index (χ4n) is 6.31. The van der Waals surface area contributed by atoms with Gasteiger partial charge in [0.2, 0.25) is 21.8 Å². The molecular formula is C35H42N4O6S. The molecule has 3 aromatic rings. The van der Waals surface area contributed by atoms with Crippen LogP contribution in [0.1, 0.15) is 49.3 Å². The van der Waals surface area contributed by atoms with Crippen LogP contribution in [0.2, 0.25) is 0 Å². The van der Waals surface area contributed by atoms with Gasteiger partial charge in [-0.15, -0.1) is 0 Å². The molecule has 2 atom stereocenters. The third-order valence-electron chi connectivity index (χ3n) is 8.89. The van der Waals surface area contributed by atoms with Crippen LogP contribution in [0.4, 0.5) is 5.69 Å². The number of benzene rings is 3. The van der Waals surface area contributed by atoms with Crippen LogP contribution in [-0.2, 0) is 41.0 Å². The van der Waals surface area contributed by atoms with Gasteiger partial charge in [-0.2, -0.15) is 4.31 Å². The number of nitrogens with zero attached hydrogens (tertiary/aromatic N) is 1. The summed E-state index contributed by atoms with van der Waals surface area (Å²) < 4.78 is 33.3. The molecule has 0 unspecified atom stereocenters. The Morgan fingerprint density at radius 3 is 2.30 bits per heavy atom. The molecule has 2 amide bonds. The first-order chi connectivity index (χ1) is 22.1. The lowest BCUT2D eigenvalue weighted by Gasteiger charge is -2.36. The zero-order valence-electron chi connectivity index (χ0n) is 26.3. The summed E-state index contributed by atoms with van der Waals surface area (Å²) in [6.07, 6.45) is 2.39. The van der Waals surface area contributed by atoms with Crippen molar-refractivity contribution in [2.24, 2.45) is 0 Å². The number of nitrogens with one attached hydrogen (secondary N) is 3. The summed E-state index contributed by atoms with van der Waals surface area (Å²) in [6.45, 7) is 5.40. The summed E-state index contributed by atoms with van der Waals surface area (Å²) >= 11 is 0. The van der Waals surface area contributed by atoms with E-state index in [1.54, 1.807) is 55.5 Å². The summed E-state index contributed by atoms with van der Waals surface area (Å²) in [7, 11) is -3.90. The minimum absolute atomic E-state index is 0.0636. The molecule has 10 nitrogen and oxygen atoms in total. The topological polar surface area (TPSA) is 134 Å². The maximum absolute atomic E-state index is 13.7. The van der Waals surface area contributed by atoms with Crippen molar-refractivity contribution in [1.29, 1.82) is 0 Å². The number of rotatable bonds is 11. The molecule has 2 heterocycles. The van der Waals surface area contributed by atoms with Crippen molar-refractivity contribution in [2.75, 3.05) is 31.6 Å². The lowest BCUT2D eigenvalue weighted by atomic mass is 9.72. The van der Waals surface area contributed by atoms with Crippen molar-refractivity contribution in [3.05, 3.63) is 95.6 Å². The van der Waals surface area contributed by atoms with Gasteiger partial charge in [-0.05, 0) is 88.0 Å². The van der Waals surface area contributed by atoms with Crippen molar-refractivity contribution in [2.45, 2.75) is 68.3 Å². The summed E-state index contributed by atoms with van der Waals surface area (Å²) in [5.74, 6) is -1.20. The van der Waals surface area contributed by atoms with E-state index < -0.39 is 39.4 Å². The van der Waals surface area contributed by atoms with E-state index in [4.69, 9.17) is 4.74 Å². The summed E-state index contributed by atoms with van der Waals surface area (Å²) in [6, 6.07) is 21.6. The largest absolute Gasteiger partial charge is 0.464 e. The molecule has 0 radical (unpaired) electrons. The number of hydrogen-bond donors (Lipinski definition) is 3. The van der Waals surface area contributed by atoms with Gasteiger partial charge in [0.25, 0.3) is 0 Å². The van der Waals surface area contributed by atoms with E-state index in [0.717, 1.165) is 29.8 Å². The van der Waals surface area contributed by atoms with E-state index >= 15 is 0 Å². The molecule has 0 aromatic heterocycles. The first kappa shape index (κ1) is 33.3. The monoisotopic (exact) mass is 646 g/mol. The van der Waals surface area contributed by atoms with Crippen molar-refractivity contribution < 1.29 is 27.5 Å². The smallest absolute Gasteiger partial charge is 0.328 e. The van der Waals surface area contributed by atoms with Crippen LogP contribution in [0, 0.1) is 6.92 Å². The minimum atomic E-state index is -3.90. The number of aryl methyl sites for hydroxylation is 1. The van der Waals surface area contributed by atoms with Gasteiger partial charge in [0.05, 0.1) is 16.9 Å². The van der Waals surface area contributed by atoms with E-state index in [1.165, 1.54) is 4.31 Å². The van der Waals surface area contributed by atoms with Crippen molar-refractivity contribution in [1.82, 2.24) is 14.9 Å².